The van der Waals surface area contributed by atoms with Gasteiger partial charge in [-0.05, 0) is 12.0 Å². The van der Waals surface area contributed by atoms with Gasteiger partial charge in [-0.15, -0.1) is 11.3 Å². The van der Waals surface area contributed by atoms with E-state index in [2.05, 4.69) is 42.2 Å². The summed E-state index contributed by atoms with van der Waals surface area (Å²) < 4.78 is 0. The first-order valence-corrected chi connectivity index (χ1v) is 8.52. The maximum absolute atomic E-state index is 5.76. The molecule has 2 N–H and O–H groups in total. The van der Waals surface area contributed by atoms with Crippen molar-refractivity contribution in [3.63, 3.8) is 0 Å². The third-order valence-corrected chi connectivity index (χ3v) is 5.48. The SMILES string of the molecule is CC(CN)c1nc2c(s1)CN(CCc1ccccc1)CC2. The summed E-state index contributed by atoms with van der Waals surface area (Å²) in [5.41, 5.74) is 8.49. The fraction of sp³-hybridized carbons (Fsp3) is 0.471. The Balaban J connectivity index is 1.60. The van der Waals surface area contributed by atoms with Crippen molar-refractivity contribution in [1.29, 1.82) is 0 Å². The lowest BCUT2D eigenvalue weighted by Gasteiger charge is -2.25. The minimum atomic E-state index is 0.387. The fourth-order valence-corrected chi connectivity index (χ4v) is 3.92. The summed E-state index contributed by atoms with van der Waals surface area (Å²) in [6.07, 6.45) is 2.21. The first kappa shape index (κ1) is 14.7. The number of nitrogens with two attached hydrogens (primary N) is 1. The second-order valence-electron chi connectivity index (χ2n) is 5.82. The highest BCUT2D eigenvalue weighted by molar-refractivity contribution is 7.11. The summed E-state index contributed by atoms with van der Waals surface area (Å²) in [6.45, 7) is 6.15. The lowest BCUT2D eigenvalue weighted by Crippen LogP contribution is -2.31. The zero-order valence-electron chi connectivity index (χ0n) is 12.6. The van der Waals surface area contributed by atoms with Gasteiger partial charge in [0.1, 0.15) is 0 Å². The van der Waals surface area contributed by atoms with Crippen LogP contribution in [0.15, 0.2) is 30.3 Å². The summed E-state index contributed by atoms with van der Waals surface area (Å²) in [5.74, 6) is 0.387. The molecule has 1 unspecified atom stereocenters. The van der Waals surface area contributed by atoms with E-state index < -0.39 is 0 Å². The van der Waals surface area contributed by atoms with E-state index in [0.717, 1.165) is 32.5 Å². The number of nitrogens with zero attached hydrogens (tertiary/aromatic N) is 2. The molecule has 112 valence electrons. The third kappa shape index (κ3) is 3.51. The van der Waals surface area contributed by atoms with Crippen LogP contribution in [0.4, 0.5) is 0 Å². The third-order valence-electron chi connectivity index (χ3n) is 4.16. The van der Waals surface area contributed by atoms with Gasteiger partial charge in [0.2, 0.25) is 0 Å². The number of rotatable bonds is 5. The molecule has 0 fully saturated rings. The van der Waals surface area contributed by atoms with Crippen molar-refractivity contribution in [2.75, 3.05) is 19.6 Å². The molecule has 1 aromatic heterocycles. The van der Waals surface area contributed by atoms with Crippen LogP contribution in [0.3, 0.4) is 0 Å². The molecular formula is C17H23N3S. The Hall–Kier alpha value is -1.23. The lowest BCUT2D eigenvalue weighted by molar-refractivity contribution is 0.259. The Morgan fingerprint density at radius 3 is 2.90 bits per heavy atom. The number of fused-ring (bicyclic) bond motifs is 1. The van der Waals surface area contributed by atoms with E-state index in [9.17, 15) is 0 Å². The molecule has 0 amide bonds. The molecule has 1 atom stereocenters. The van der Waals surface area contributed by atoms with Crippen LogP contribution in [-0.2, 0) is 19.4 Å². The van der Waals surface area contributed by atoms with Crippen molar-refractivity contribution in [2.45, 2.75) is 32.2 Å². The summed E-state index contributed by atoms with van der Waals surface area (Å²) in [6, 6.07) is 10.7. The fourth-order valence-electron chi connectivity index (χ4n) is 2.70. The van der Waals surface area contributed by atoms with Gasteiger partial charge in [0.05, 0.1) is 10.7 Å². The molecule has 3 nitrogen and oxygen atoms in total. The Kier molecular flexibility index (Phi) is 4.68. The Morgan fingerprint density at radius 1 is 1.33 bits per heavy atom. The van der Waals surface area contributed by atoms with Crippen LogP contribution in [0.5, 0.6) is 0 Å². The molecule has 0 spiro atoms. The van der Waals surface area contributed by atoms with E-state index >= 15 is 0 Å². The molecular weight excluding hydrogens is 278 g/mol. The van der Waals surface area contributed by atoms with Crippen molar-refractivity contribution < 1.29 is 0 Å². The van der Waals surface area contributed by atoms with Crippen molar-refractivity contribution in [1.82, 2.24) is 9.88 Å². The summed E-state index contributed by atoms with van der Waals surface area (Å²) in [5, 5.41) is 1.22. The first-order valence-electron chi connectivity index (χ1n) is 7.71. The normalized spacial score (nSPS) is 16.7. The summed E-state index contributed by atoms with van der Waals surface area (Å²) in [4.78, 5) is 8.78. The zero-order chi connectivity index (χ0) is 14.7. The zero-order valence-corrected chi connectivity index (χ0v) is 13.4. The Morgan fingerprint density at radius 2 is 2.14 bits per heavy atom. The summed E-state index contributed by atoms with van der Waals surface area (Å²) >= 11 is 1.86. The standard InChI is InChI=1S/C17H23N3S/c1-13(11-18)17-19-15-8-10-20(12-16(15)21-17)9-7-14-5-3-2-4-6-14/h2-6,13H,7-12,18H2,1H3. The second kappa shape index (κ2) is 6.69. The van der Waals surface area contributed by atoms with Crippen molar-refractivity contribution >= 4 is 11.3 Å². The number of aromatic nitrogens is 1. The molecule has 0 radical (unpaired) electrons. The van der Waals surface area contributed by atoms with E-state index in [1.54, 1.807) is 0 Å². The molecule has 2 heterocycles. The highest BCUT2D eigenvalue weighted by Gasteiger charge is 2.21. The molecule has 1 aliphatic heterocycles. The van der Waals surface area contributed by atoms with Gasteiger partial charge in [-0.3, -0.25) is 4.90 Å². The van der Waals surface area contributed by atoms with Crippen LogP contribution in [0.1, 0.15) is 34.0 Å². The van der Waals surface area contributed by atoms with Gasteiger partial charge in [-0.1, -0.05) is 37.3 Å². The number of hydrogen-bond donors (Lipinski definition) is 1. The number of thiazole rings is 1. The second-order valence-corrected chi connectivity index (χ2v) is 6.94. The van der Waals surface area contributed by atoms with Crippen LogP contribution >= 0.6 is 11.3 Å². The molecule has 0 saturated heterocycles. The maximum Gasteiger partial charge on any atom is 0.0972 e. The van der Waals surface area contributed by atoms with E-state index in [1.165, 1.54) is 21.1 Å². The van der Waals surface area contributed by atoms with Crippen LogP contribution in [0.25, 0.3) is 0 Å². The van der Waals surface area contributed by atoms with Crippen molar-refractivity contribution in [2.24, 2.45) is 5.73 Å². The Bertz CT molecular complexity index is 579. The van der Waals surface area contributed by atoms with E-state index in [-0.39, 0.29) is 0 Å². The molecule has 1 aliphatic rings. The highest BCUT2D eigenvalue weighted by Crippen LogP contribution is 2.29. The molecule has 0 aliphatic carbocycles. The molecule has 0 saturated carbocycles. The van der Waals surface area contributed by atoms with Crippen LogP contribution in [0, 0.1) is 0 Å². The van der Waals surface area contributed by atoms with E-state index in [0.29, 0.717) is 12.5 Å². The van der Waals surface area contributed by atoms with Gasteiger partial charge in [-0.2, -0.15) is 0 Å². The maximum atomic E-state index is 5.76. The van der Waals surface area contributed by atoms with Gasteiger partial charge < -0.3 is 5.73 Å². The van der Waals surface area contributed by atoms with Gasteiger partial charge >= 0.3 is 0 Å². The lowest BCUT2D eigenvalue weighted by atomic mass is 10.1. The number of hydrogen-bond acceptors (Lipinski definition) is 4. The highest BCUT2D eigenvalue weighted by atomic mass is 32.1. The Labute approximate surface area is 130 Å². The predicted octanol–water partition coefficient (Wildman–Crippen LogP) is 2.81. The summed E-state index contributed by atoms with van der Waals surface area (Å²) in [7, 11) is 0. The average Bonchev–Trinajstić information content (AvgIpc) is 2.96. The topological polar surface area (TPSA) is 42.1 Å². The molecule has 2 aromatic rings. The van der Waals surface area contributed by atoms with Crippen LogP contribution in [0.2, 0.25) is 0 Å². The van der Waals surface area contributed by atoms with Crippen LogP contribution in [-0.4, -0.2) is 29.5 Å². The van der Waals surface area contributed by atoms with Crippen LogP contribution < -0.4 is 5.73 Å². The molecule has 21 heavy (non-hydrogen) atoms. The average molecular weight is 301 g/mol. The van der Waals surface area contributed by atoms with Crippen molar-refractivity contribution in [3.8, 4) is 0 Å². The minimum Gasteiger partial charge on any atom is -0.330 e. The van der Waals surface area contributed by atoms with Gasteiger partial charge in [0.15, 0.2) is 0 Å². The molecule has 0 bridgehead atoms. The van der Waals surface area contributed by atoms with E-state index in [4.69, 9.17) is 10.7 Å². The minimum absolute atomic E-state index is 0.387. The predicted molar refractivity (Wildman–Crippen MR) is 88.7 cm³/mol. The van der Waals surface area contributed by atoms with Gasteiger partial charge in [-0.25, -0.2) is 4.98 Å². The quantitative estimate of drug-likeness (QED) is 0.923. The largest absolute Gasteiger partial charge is 0.330 e. The molecule has 3 rings (SSSR count). The van der Waals surface area contributed by atoms with Gasteiger partial charge in [0.25, 0.3) is 0 Å². The first-order chi connectivity index (χ1) is 10.3. The molecule has 1 aromatic carbocycles. The monoisotopic (exact) mass is 301 g/mol. The number of benzene rings is 1. The van der Waals surface area contributed by atoms with Gasteiger partial charge in [0, 0.05) is 43.4 Å². The smallest absolute Gasteiger partial charge is 0.0972 e. The van der Waals surface area contributed by atoms with E-state index in [1.807, 2.05) is 11.3 Å². The van der Waals surface area contributed by atoms with Crippen molar-refractivity contribution in [3.05, 3.63) is 51.5 Å². The molecule has 4 heteroatoms.